The van der Waals surface area contributed by atoms with E-state index in [0.29, 0.717) is 18.1 Å². The molecule has 0 saturated carbocycles. The molecular formula is C15H21NO3. The Labute approximate surface area is 113 Å². The summed E-state index contributed by atoms with van der Waals surface area (Å²) >= 11 is 0. The van der Waals surface area contributed by atoms with E-state index in [9.17, 15) is 5.11 Å². The molecule has 0 saturated heterocycles. The maximum atomic E-state index is 10.4. The molecule has 104 valence electrons. The summed E-state index contributed by atoms with van der Waals surface area (Å²) in [6.07, 6.45) is 4.75. The van der Waals surface area contributed by atoms with Crippen molar-refractivity contribution in [2.24, 2.45) is 0 Å². The van der Waals surface area contributed by atoms with Gasteiger partial charge in [0, 0.05) is 16.7 Å². The fourth-order valence-electron chi connectivity index (χ4n) is 3.03. The van der Waals surface area contributed by atoms with E-state index in [0.717, 1.165) is 62.1 Å². The van der Waals surface area contributed by atoms with Crippen LogP contribution in [0, 0.1) is 0 Å². The molecule has 2 heterocycles. The summed E-state index contributed by atoms with van der Waals surface area (Å²) in [5.41, 5.74) is 3.33. The van der Waals surface area contributed by atoms with Gasteiger partial charge in [-0.15, -0.1) is 0 Å². The number of aromatic hydroxyl groups is 1. The van der Waals surface area contributed by atoms with Gasteiger partial charge in [0.2, 0.25) is 0 Å². The number of ether oxygens (including phenoxy) is 2. The largest absolute Gasteiger partial charge is 0.504 e. The Morgan fingerprint density at radius 1 is 1.05 bits per heavy atom. The third kappa shape index (κ3) is 2.14. The van der Waals surface area contributed by atoms with Crippen LogP contribution >= 0.6 is 0 Å². The maximum absolute atomic E-state index is 10.4. The van der Waals surface area contributed by atoms with Crippen molar-refractivity contribution in [3.05, 3.63) is 16.7 Å². The Morgan fingerprint density at radius 2 is 1.74 bits per heavy atom. The highest BCUT2D eigenvalue weighted by molar-refractivity contribution is 5.63. The van der Waals surface area contributed by atoms with E-state index in [1.54, 1.807) is 0 Å². The number of hydrogen-bond acceptors (Lipinski definition) is 4. The standard InChI is InChI=1S/C15H21NO3/c1-16-7-6-11-10-4-2-9-19-15(10)13(17)12-5-3-8-18-14(11)12/h16-17H,2-9H2,1H3. The molecule has 0 aliphatic carbocycles. The zero-order valence-electron chi connectivity index (χ0n) is 11.4. The predicted molar refractivity (Wildman–Crippen MR) is 73.4 cm³/mol. The van der Waals surface area contributed by atoms with Crippen LogP contribution in [0.5, 0.6) is 17.2 Å². The van der Waals surface area contributed by atoms with Crippen LogP contribution in [0.1, 0.15) is 29.5 Å². The minimum Gasteiger partial charge on any atom is -0.504 e. The summed E-state index contributed by atoms with van der Waals surface area (Å²) in [6, 6.07) is 0. The maximum Gasteiger partial charge on any atom is 0.164 e. The van der Waals surface area contributed by atoms with Gasteiger partial charge in [0.05, 0.1) is 13.2 Å². The average Bonchev–Trinajstić information content (AvgIpc) is 2.47. The SMILES string of the molecule is CNCCc1c2c(c(O)c3c1OCCC3)OCCC2. The van der Waals surface area contributed by atoms with Gasteiger partial charge >= 0.3 is 0 Å². The molecule has 4 nitrogen and oxygen atoms in total. The zero-order chi connectivity index (χ0) is 13.2. The van der Waals surface area contributed by atoms with E-state index in [2.05, 4.69) is 5.32 Å². The molecule has 0 spiro atoms. The van der Waals surface area contributed by atoms with Gasteiger partial charge in [0.25, 0.3) is 0 Å². The minimum atomic E-state index is 0.317. The molecule has 1 aromatic rings. The van der Waals surface area contributed by atoms with Gasteiger partial charge in [-0.3, -0.25) is 0 Å². The molecule has 2 N–H and O–H groups in total. The summed E-state index contributed by atoms with van der Waals surface area (Å²) < 4.78 is 11.6. The van der Waals surface area contributed by atoms with Crippen molar-refractivity contribution in [1.82, 2.24) is 5.32 Å². The van der Waals surface area contributed by atoms with Gasteiger partial charge in [0.15, 0.2) is 11.5 Å². The number of likely N-dealkylation sites (N-methyl/N-ethyl adjacent to an activating group) is 1. The molecule has 3 rings (SSSR count). The second-order valence-electron chi connectivity index (χ2n) is 5.20. The smallest absolute Gasteiger partial charge is 0.164 e. The van der Waals surface area contributed by atoms with Crippen LogP contribution in [0.2, 0.25) is 0 Å². The Hall–Kier alpha value is -1.42. The summed E-state index contributed by atoms with van der Waals surface area (Å²) in [7, 11) is 1.96. The lowest BCUT2D eigenvalue weighted by Gasteiger charge is -2.28. The fourth-order valence-corrected chi connectivity index (χ4v) is 3.03. The lowest BCUT2D eigenvalue weighted by molar-refractivity contribution is 0.253. The van der Waals surface area contributed by atoms with E-state index in [1.165, 1.54) is 5.56 Å². The van der Waals surface area contributed by atoms with Crippen molar-refractivity contribution in [3.63, 3.8) is 0 Å². The van der Waals surface area contributed by atoms with Crippen LogP contribution < -0.4 is 14.8 Å². The highest BCUT2D eigenvalue weighted by Gasteiger charge is 2.28. The lowest BCUT2D eigenvalue weighted by Crippen LogP contribution is -2.19. The van der Waals surface area contributed by atoms with Gasteiger partial charge in [-0.2, -0.15) is 0 Å². The van der Waals surface area contributed by atoms with Gasteiger partial charge < -0.3 is 19.9 Å². The van der Waals surface area contributed by atoms with Crippen LogP contribution in [0.4, 0.5) is 0 Å². The molecular weight excluding hydrogens is 242 g/mol. The summed E-state index contributed by atoms with van der Waals surface area (Å²) in [5.74, 6) is 1.95. The van der Waals surface area contributed by atoms with E-state index < -0.39 is 0 Å². The van der Waals surface area contributed by atoms with Crippen molar-refractivity contribution in [3.8, 4) is 17.2 Å². The third-order valence-corrected chi connectivity index (χ3v) is 3.95. The third-order valence-electron chi connectivity index (χ3n) is 3.95. The molecule has 19 heavy (non-hydrogen) atoms. The van der Waals surface area contributed by atoms with E-state index in [-0.39, 0.29) is 0 Å². The van der Waals surface area contributed by atoms with Crippen molar-refractivity contribution in [1.29, 1.82) is 0 Å². The van der Waals surface area contributed by atoms with Crippen molar-refractivity contribution in [2.45, 2.75) is 32.1 Å². The van der Waals surface area contributed by atoms with Crippen LogP contribution in [0.25, 0.3) is 0 Å². The van der Waals surface area contributed by atoms with Gasteiger partial charge in [-0.05, 0) is 45.7 Å². The topological polar surface area (TPSA) is 50.7 Å². The summed E-state index contributed by atoms with van der Waals surface area (Å²) in [5, 5.41) is 13.6. The van der Waals surface area contributed by atoms with E-state index in [1.807, 2.05) is 7.05 Å². The second kappa shape index (κ2) is 5.29. The van der Waals surface area contributed by atoms with Crippen LogP contribution in [0.15, 0.2) is 0 Å². The van der Waals surface area contributed by atoms with Gasteiger partial charge in [-0.1, -0.05) is 0 Å². The average molecular weight is 263 g/mol. The minimum absolute atomic E-state index is 0.317. The molecule has 0 atom stereocenters. The number of phenols is 1. The normalized spacial score (nSPS) is 17.1. The molecule has 0 radical (unpaired) electrons. The molecule has 0 unspecified atom stereocenters. The van der Waals surface area contributed by atoms with Crippen molar-refractivity contribution < 1.29 is 14.6 Å². The number of hydrogen-bond donors (Lipinski definition) is 2. The molecule has 1 aromatic carbocycles. The molecule has 4 heteroatoms. The Morgan fingerprint density at radius 3 is 2.47 bits per heavy atom. The lowest BCUT2D eigenvalue weighted by atomic mass is 9.90. The van der Waals surface area contributed by atoms with Crippen molar-refractivity contribution in [2.75, 3.05) is 26.8 Å². The highest BCUT2D eigenvalue weighted by Crippen LogP contribution is 2.47. The van der Waals surface area contributed by atoms with Crippen LogP contribution in [-0.4, -0.2) is 31.9 Å². The Balaban J connectivity index is 2.13. The number of benzene rings is 1. The first-order chi connectivity index (χ1) is 9.33. The van der Waals surface area contributed by atoms with Gasteiger partial charge in [-0.25, -0.2) is 0 Å². The Bertz CT molecular complexity index is 448. The number of phenolic OH excluding ortho intramolecular Hbond substituents is 1. The molecule has 0 amide bonds. The molecule has 0 fully saturated rings. The molecule has 2 aliphatic heterocycles. The van der Waals surface area contributed by atoms with Gasteiger partial charge in [0.1, 0.15) is 5.75 Å². The molecule has 2 aliphatic rings. The number of rotatable bonds is 3. The van der Waals surface area contributed by atoms with Crippen LogP contribution in [0.3, 0.4) is 0 Å². The quantitative estimate of drug-likeness (QED) is 0.873. The predicted octanol–water partition coefficient (Wildman–Crippen LogP) is 1.80. The van der Waals surface area contributed by atoms with Crippen molar-refractivity contribution >= 4 is 0 Å². The van der Waals surface area contributed by atoms with E-state index in [4.69, 9.17) is 9.47 Å². The first kappa shape index (κ1) is 12.6. The number of fused-ring (bicyclic) bond motifs is 2. The first-order valence-electron chi connectivity index (χ1n) is 7.12. The van der Waals surface area contributed by atoms with E-state index >= 15 is 0 Å². The Kier molecular flexibility index (Phi) is 3.51. The fraction of sp³-hybridized carbons (Fsp3) is 0.600. The highest BCUT2D eigenvalue weighted by atomic mass is 16.5. The second-order valence-corrected chi connectivity index (χ2v) is 5.20. The summed E-state index contributed by atoms with van der Waals surface area (Å²) in [6.45, 7) is 2.36. The monoisotopic (exact) mass is 263 g/mol. The first-order valence-corrected chi connectivity index (χ1v) is 7.12. The summed E-state index contributed by atoms with van der Waals surface area (Å²) in [4.78, 5) is 0. The number of nitrogens with one attached hydrogen (secondary N) is 1. The van der Waals surface area contributed by atoms with Crippen LogP contribution in [-0.2, 0) is 19.3 Å². The molecule has 0 aromatic heterocycles. The molecule has 0 bridgehead atoms. The zero-order valence-corrected chi connectivity index (χ0v) is 11.4.